The number of nitrogens with zero attached hydrogens (tertiary/aromatic N) is 2. The zero-order valence-electron chi connectivity index (χ0n) is 16.1. The number of carbonyl (C=O) groups excluding carboxylic acids is 1. The molecule has 0 radical (unpaired) electrons. The fourth-order valence-electron chi connectivity index (χ4n) is 3.62. The summed E-state index contributed by atoms with van der Waals surface area (Å²) in [5.74, 6) is 0.414. The number of pyridine rings is 1. The van der Waals surface area contributed by atoms with Crippen molar-refractivity contribution in [3.63, 3.8) is 0 Å². The number of thiophene rings is 1. The number of hydrogen-bond donors (Lipinski definition) is 0. The van der Waals surface area contributed by atoms with Crippen molar-refractivity contribution >= 4 is 49.7 Å². The highest BCUT2D eigenvalue weighted by atomic mass is 32.2. The summed E-state index contributed by atoms with van der Waals surface area (Å²) < 4.78 is 23.9. The highest BCUT2D eigenvalue weighted by Crippen LogP contribution is 2.26. The minimum absolute atomic E-state index is 0.0434. The van der Waals surface area contributed by atoms with Crippen LogP contribution >= 0.6 is 23.1 Å². The van der Waals surface area contributed by atoms with Crippen LogP contribution in [0.1, 0.15) is 16.9 Å². The van der Waals surface area contributed by atoms with E-state index in [2.05, 4.69) is 4.98 Å². The smallest absolute Gasteiger partial charge is 0.233 e. The number of thioether (sulfide) groups is 1. The highest BCUT2D eigenvalue weighted by Gasteiger charge is 2.34. The Morgan fingerprint density at radius 1 is 1.28 bits per heavy atom. The van der Waals surface area contributed by atoms with Crippen LogP contribution in [0.5, 0.6) is 0 Å². The van der Waals surface area contributed by atoms with Gasteiger partial charge in [0.25, 0.3) is 0 Å². The molecule has 2 aromatic heterocycles. The Hall–Kier alpha value is -1.90. The Morgan fingerprint density at radius 3 is 2.83 bits per heavy atom. The molecule has 0 N–H and O–H groups in total. The molecule has 4 rings (SSSR count). The van der Waals surface area contributed by atoms with Gasteiger partial charge in [-0.05, 0) is 42.5 Å². The first kappa shape index (κ1) is 20.4. The van der Waals surface area contributed by atoms with E-state index in [9.17, 15) is 13.2 Å². The van der Waals surface area contributed by atoms with E-state index in [1.165, 1.54) is 11.8 Å². The van der Waals surface area contributed by atoms with Crippen molar-refractivity contribution < 1.29 is 13.2 Å². The van der Waals surface area contributed by atoms with Gasteiger partial charge in [-0.2, -0.15) is 0 Å². The molecule has 1 aromatic carbocycles. The molecule has 3 heterocycles. The van der Waals surface area contributed by atoms with Crippen molar-refractivity contribution in [3.8, 4) is 0 Å². The largest absolute Gasteiger partial charge is 0.333 e. The van der Waals surface area contributed by atoms with Gasteiger partial charge in [-0.1, -0.05) is 36.0 Å². The molecule has 5 nitrogen and oxygen atoms in total. The number of aryl methyl sites for hydroxylation is 1. The summed E-state index contributed by atoms with van der Waals surface area (Å²) in [6.07, 6.45) is 0.511. The van der Waals surface area contributed by atoms with E-state index in [4.69, 9.17) is 0 Å². The van der Waals surface area contributed by atoms with Crippen LogP contribution in [0.4, 0.5) is 0 Å². The molecule has 1 fully saturated rings. The molecule has 0 bridgehead atoms. The molecule has 0 aliphatic carbocycles. The SMILES string of the molecule is Cc1cc(SCC(=O)N(Cc2cccs2)[C@H]2CCS(=O)(=O)C2)nc2ccccc12. The molecule has 1 amide bonds. The number of benzene rings is 1. The third-order valence-corrected chi connectivity index (χ3v) is 8.63. The van der Waals surface area contributed by atoms with E-state index in [0.717, 1.165) is 26.4 Å². The number of fused-ring (bicyclic) bond motifs is 1. The quantitative estimate of drug-likeness (QED) is 0.537. The molecule has 152 valence electrons. The zero-order valence-corrected chi connectivity index (χ0v) is 18.5. The van der Waals surface area contributed by atoms with Crippen LogP contribution in [0, 0.1) is 6.92 Å². The Bertz CT molecular complexity index is 1130. The topological polar surface area (TPSA) is 67.3 Å². The Balaban J connectivity index is 1.50. The first-order valence-corrected chi connectivity index (χ1v) is 13.1. The van der Waals surface area contributed by atoms with E-state index in [0.29, 0.717) is 13.0 Å². The Morgan fingerprint density at radius 2 is 2.10 bits per heavy atom. The first-order valence-electron chi connectivity index (χ1n) is 9.43. The van der Waals surface area contributed by atoms with Crippen molar-refractivity contribution in [1.82, 2.24) is 9.88 Å². The maximum Gasteiger partial charge on any atom is 0.233 e. The fourth-order valence-corrected chi connectivity index (χ4v) is 6.92. The second kappa shape index (κ2) is 8.45. The minimum Gasteiger partial charge on any atom is -0.333 e. The summed E-state index contributed by atoms with van der Waals surface area (Å²) in [7, 11) is -3.06. The molecule has 1 aliphatic rings. The third-order valence-electron chi connectivity index (χ3n) is 5.12. The highest BCUT2D eigenvalue weighted by molar-refractivity contribution is 7.99. The second-order valence-corrected chi connectivity index (χ2v) is 11.5. The van der Waals surface area contributed by atoms with Crippen molar-refractivity contribution in [2.45, 2.75) is 31.0 Å². The van der Waals surface area contributed by atoms with E-state index in [1.54, 1.807) is 16.2 Å². The number of para-hydroxylation sites is 1. The molecule has 29 heavy (non-hydrogen) atoms. The molecule has 0 saturated carbocycles. The van der Waals surface area contributed by atoms with Gasteiger partial charge in [-0.3, -0.25) is 4.79 Å². The lowest BCUT2D eigenvalue weighted by Gasteiger charge is -2.27. The predicted octanol–water partition coefficient (Wildman–Crippen LogP) is 3.91. The van der Waals surface area contributed by atoms with E-state index in [-0.39, 0.29) is 29.2 Å². The van der Waals surface area contributed by atoms with Crippen molar-refractivity contribution in [1.29, 1.82) is 0 Å². The summed E-state index contributed by atoms with van der Waals surface area (Å²) >= 11 is 2.99. The van der Waals surface area contributed by atoms with Crippen molar-refractivity contribution in [2.75, 3.05) is 17.3 Å². The van der Waals surface area contributed by atoms with Gasteiger partial charge in [0.05, 0.1) is 34.3 Å². The number of hydrogen-bond acceptors (Lipinski definition) is 6. The molecular weight excluding hydrogens is 424 g/mol. The molecule has 1 saturated heterocycles. The number of carbonyl (C=O) groups is 1. The zero-order chi connectivity index (χ0) is 20.4. The van der Waals surface area contributed by atoms with Gasteiger partial charge in [-0.15, -0.1) is 11.3 Å². The van der Waals surface area contributed by atoms with Crippen LogP contribution in [-0.2, 0) is 21.2 Å². The average Bonchev–Trinajstić information content (AvgIpc) is 3.33. The van der Waals surface area contributed by atoms with Gasteiger partial charge < -0.3 is 4.90 Å². The molecule has 8 heteroatoms. The summed E-state index contributed by atoms with van der Waals surface area (Å²) in [4.78, 5) is 20.5. The fraction of sp³-hybridized carbons (Fsp3) is 0.333. The number of sulfone groups is 1. The maximum atomic E-state index is 13.1. The molecule has 1 atom stereocenters. The summed E-state index contributed by atoms with van der Waals surface area (Å²) in [5.41, 5.74) is 2.04. The molecule has 0 spiro atoms. The lowest BCUT2D eigenvalue weighted by atomic mass is 10.1. The van der Waals surface area contributed by atoms with Crippen LogP contribution in [0.15, 0.2) is 52.9 Å². The molecule has 0 unspecified atom stereocenters. The van der Waals surface area contributed by atoms with Gasteiger partial charge in [0.15, 0.2) is 9.84 Å². The summed E-state index contributed by atoms with van der Waals surface area (Å²) in [6.45, 7) is 2.50. The summed E-state index contributed by atoms with van der Waals surface area (Å²) in [5, 5.41) is 3.89. The maximum absolute atomic E-state index is 13.1. The molecule has 1 aliphatic heterocycles. The third kappa shape index (κ3) is 4.82. The summed E-state index contributed by atoms with van der Waals surface area (Å²) in [6, 6.07) is 13.6. The van der Waals surface area contributed by atoms with Crippen molar-refractivity contribution in [3.05, 3.63) is 58.3 Å². The van der Waals surface area contributed by atoms with Gasteiger partial charge in [0, 0.05) is 16.3 Å². The standard InChI is InChI=1S/C21H22N2O3S3/c1-15-11-20(22-19-7-3-2-6-18(15)19)28-13-21(24)23(12-17-5-4-9-27-17)16-8-10-29(25,26)14-16/h2-7,9,11,16H,8,10,12-14H2,1H3/t16-/m0/s1. The lowest BCUT2D eigenvalue weighted by molar-refractivity contribution is -0.130. The van der Waals surface area contributed by atoms with Gasteiger partial charge >= 0.3 is 0 Å². The van der Waals surface area contributed by atoms with Crippen LogP contribution in [-0.4, -0.2) is 47.5 Å². The predicted molar refractivity (Wildman–Crippen MR) is 119 cm³/mol. The second-order valence-electron chi connectivity index (χ2n) is 7.24. The van der Waals surface area contributed by atoms with E-state index < -0.39 is 9.84 Å². The van der Waals surface area contributed by atoms with E-state index in [1.807, 2.05) is 54.8 Å². The lowest BCUT2D eigenvalue weighted by Crippen LogP contribution is -2.41. The molecule has 3 aromatic rings. The van der Waals surface area contributed by atoms with E-state index >= 15 is 0 Å². The normalized spacial score (nSPS) is 18.2. The first-order chi connectivity index (χ1) is 13.9. The monoisotopic (exact) mass is 446 g/mol. The van der Waals surface area contributed by atoms with Gasteiger partial charge in [-0.25, -0.2) is 13.4 Å². The van der Waals surface area contributed by atoms with Crippen LogP contribution in [0.3, 0.4) is 0 Å². The number of amides is 1. The number of aromatic nitrogens is 1. The van der Waals surface area contributed by atoms with Crippen LogP contribution < -0.4 is 0 Å². The van der Waals surface area contributed by atoms with Gasteiger partial charge in [0.1, 0.15) is 0 Å². The van der Waals surface area contributed by atoms with Gasteiger partial charge in [0.2, 0.25) is 5.91 Å². The minimum atomic E-state index is -3.06. The van der Waals surface area contributed by atoms with Crippen LogP contribution in [0.25, 0.3) is 10.9 Å². The Labute approximate surface area is 179 Å². The van der Waals surface area contributed by atoms with Crippen molar-refractivity contribution in [2.24, 2.45) is 0 Å². The Kier molecular flexibility index (Phi) is 5.94. The number of rotatable bonds is 6. The molecular formula is C21H22N2O3S3. The van der Waals surface area contributed by atoms with Crippen LogP contribution in [0.2, 0.25) is 0 Å². The average molecular weight is 447 g/mol.